The minimum atomic E-state index is 0.533. The number of aliphatic imine (C=N–C) groups is 1. The zero-order valence-electron chi connectivity index (χ0n) is 10.9. The first-order valence-electron chi connectivity index (χ1n) is 6.31. The molecule has 0 N–H and O–H groups in total. The number of nitrogens with zero attached hydrogens (tertiary/aromatic N) is 4. The van der Waals surface area contributed by atoms with Gasteiger partial charge in [-0.15, -0.1) is 0 Å². The predicted octanol–water partition coefficient (Wildman–Crippen LogP) is 3.79. The third-order valence-corrected chi connectivity index (χ3v) is 5.34. The maximum absolute atomic E-state index is 6.32. The number of amidine groups is 1. The summed E-state index contributed by atoms with van der Waals surface area (Å²) in [5.41, 5.74) is 0.989. The van der Waals surface area contributed by atoms with Crippen molar-refractivity contribution in [3.8, 4) is 10.6 Å². The topological polar surface area (TPSA) is 41.4 Å². The van der Waals surface area contributed by atoms with Crippen LogP contribution in [-0.4, -0.2) is 34.0 Å². The van der Waals surface area contributed by atoms with Crippen LogP contribution in [0.1, 0.15) is 6.92 Å². The van der Waals surface area contributed by atoms with Crippen molar-refractivity contribution < 1.29 is 0 Å². The molecule has 0 aromatic carbocycles. The van der Waals surface area contributed by atoms with Gasteiger partial charge in [-0.2, -0.15) is 0 Å². The molecule has 2 aromatic rings. The highest BCUT2D eigenvalue weighted by Gasteiger charge is 2.22. The molecule has 20 heavy (non-hydrogen) atoms. The summed E-state index contributed by atoms with van der Waals surface area (Å²) in [6.45, 7) is 3.81. The molecule has 7 heteroatoms. The van der Waals surface area contributed by atoms with Crippen molar-refractivity contribution in [3.05, 3.63) is 29.7 Å². The van der Waals surface area contributed by atoms with Crippen LogP contribution in [0.2, 0.25) is 5.15 Å². The van der Waals surface area contributed by atoms with E-state index in [2.05, 4.69) is 26.8 Å². The Morgan fingerprint density at radius 2 is 2.35 bits per heavy atom. The number of thioether (sulfide) groups is 1. The van der Waals surface area contributed by atoms with Gasteiger partial charge in [-0.1, -0.05) is 34.7 Å². The molecule has 0 atom stereocenters. The molecular weight excluding hydrogens is 312 g/mol. The fourth-order valence-corrected chi connectivity index (χ4v) is 4.27. The van der Waals surface area contributed by atoms with Gasteiger partial charge in [0.25, 0.3) is 0 Å². The van der Waals surface area contributed by atoms with E-state index < -0.39 is 0 Å². The van der Waals surface area contributed by atoms with E-state index in [9.17, 15) is 0 Å². The van der Waals surface area contributed by atoms with Crippen LogP contribution in [0, 0.1) is 0 Å². The molecule has 0 saturated carbocycles. The van der Waals surface area contributed by atoms with Gasteiger partial charge in [0.2, 0.25) is 0 Å². The lowest BCUT2D eigenvalue weighted by Crippen LogP contribution is -2.26. The fourth-order valence-electron chi connectivity index (χ4n) is 1.93. The van der Waals surface area contributed by atoms with Crippen molar-refractivity contribution in [2.24, 2.45) is 4.99 Å². The molecule has 0 saturated heterocycles. The van der Waals surface area contributed by atoms with Crippen LogP contribution in [0.4, 0.5) is 5.00 Å². The molecule has 0 radical (unpaired) electrons. The molecule has 3 heterocycles. The van der Waals surface area contributed by atoms with Crippen molar-refractivity contribution in [2.75, 3.05) is 23.7 Å². The van der Waals surface area contributed by atoms with Crippen molar-refractivity contribution in [3.63, 3.8) is 0 Å². The number of anilines is 1. The maximum Gasteiger partial charge on any atom is 0.164 e. The average molecular weight is 325 g/mol. The Morgan fingerprint density at radius 1 is 1.45 bits per heavy atom. The monoisotopic (exact) mass is 324 g/mol. The Balaban J connectivity index is 1.96. The molecule has 1 aliphatic heterocycles. The molecule has 0 fully saturated rings. The summed E-state index contributed by atoms with van der Waals surface area (Å²) in [6.07, 6.45) is 3.55. The Kier molecular flexibility index (Phi) is 4.24. The summed E-state index contributed by atoms with van der Waals surface area (Å²) < 4.78 is 0. The molecular formula is C13H13ClN4S2. The highest BCUT2D eigenvalue weighted by Crippen LogP contribution is 2.38. The zero-order chi connectivity index (χ0) is 13.9. The minimum Gasteiger partial charge on any atom is -0.310 e. The first kappa shape index (κ1) is 13.9. The summed E-state index contributed by atoms with van der Waals surface area (Å²) in [7, 11) is 0. The molecule has 0 bridgehead atoms. The molecule has 3 rings (SSSR count). The highest BCUT2D eigenvalue weighted by atomic mass is 35.5. The van der Waals surface area contributed by atoms with Crippen LogP contribution in [0.25, 0.3) is 10.6 Å². The lowest BCUT2D eigenvalue weighted by atomic mass is 10.3. The van der Waals surface area contributed by atoms with Gasteiger partial charge in [-0.25, -0.2) is 4.98 Å². The number of rotatable bonds is 3. The summed E-state index contributed by atoms with van der Waals surface area (Å²) in [5.74, 6) is 1.04. The second-order valence-corrected chi connectivity index (χ2v) is 6.51. The van der Waals surface area contributed by atoms with Gasteiger partial charge < -0.3 is 4.90 Å². The lowest BCUT2D eigenvalue weighted by molar-refractivity contribution is 1.06. The van der Waals surface area contributed by atoms with Crippen LogP contribution < -0.4 is 4.90 Å². The number of aromatic nitrogens is 2. The Morgan fingerprint density at radius 3 is 3.00 bits per heavy atom. The largest absolute Gasteiger partial charge is 0.310 e. The second-order valence-electron chi connectivity index (χ2n) is 4.11. The van der Waals surface area contributed by atoms with Gasteiger partial charge in [0.15, 0.2) is 10.3 Å². The number of thiazole rings is 1. The quantitative estimate of drug-likeness (QED) is 0.861. The van der Waals surface area contributed by atoms with Crippen molar-refractivity contribution in [1.29, 1.82) is 0 Å². The van der Waals surface area contributed by atoms with E-state index in [0.29, 0.717) is 5.15 Å². The number of halogens is 1. The van der Waals surface area contributed by atoms with Gasteiger partial charge in [0, 0.05) is 30.3 Å². The molecule has 2 aromatic heterocycles. The molecule has 0 spiro atoms. The molecule has 4 nitrogen and oxygen atoms in total. The molecule has 0 unspecified atom stereocenters. The first-order chi connectivity index (χ1) is 9.79. The Labute approximate surface area is 130 Å². The van der Waals surface area contributed by atoms with E-state index in [4.69, 9.17) is 11.6 Å². The van der Waals surface area contributed by atoms with Gasteiger partial charge in [-0.05, 0) is 19.1 Å². The number of hydrogen-bond acceptors (Lipinski definition) is 6. The molecule has 1 aliphatic rings. The molecule has 0 aliphatic carbocycles. The number of pyridine rings is 1. The SMILES string of the molecule is CCN(C1=NCCS1)c1sc(-c2cccnc2)nc1Cl. The van der Waals surface area contributed by atoms with Crippen molar-refractivity contribution in [1.82, 2.24) is 9.97 Å². The van der Waals surface area contributed by atoms with E-state index in [1.807, 2.05) is 12.1 Å². The van der Waals surface area contributed by atoms with Gasteiger partial charge >= 0.3 is 0 Å². The van der Waals surface area contributed by atoms with E-state index >= 15 is 0 Å². The van der Waals surface area contributed by atoms with Crippen molar-refractivity contribution in [2.45, 2.75) is 6.92 Å². The van der Waals surface area contributed by atoms with Crippen LogP contribution in [0.15, 0.2) is 29.5 Å². The van der Waals surface area contributed by atoms with Crippen LogP contribution in [0.5, 0.6) is 0 Å². The zero-order valence-corrected chi connectivity index (χ0v) is 13.3. The maximum atomic E-state index is 6.32. The third kappa shape index (κ3) is 2.68. The standard InChI is InChI=1S/C13H13ClN4S2/c1-2-18(13-16-6-7-19-13)12-10(14)17-11(20-12)9-4-3-5-15-8-9/h3-5,8H,2,6-7H2,1H3. The first-order valence-corrected chi connectivity index (χ1v) is 8.49. The smallest absolute Gasteiger partial charge is 0.164 e. The van der Waals surface area contributed by atoms with E-state index in [1.165, 1.54) is 0 Å². The van der Waals surface area contributed by atoms with Crippen LogP contribution in [-0.2, 0) is 0 Å². The van der Waals surface area contributed by atoms with E-state index in [1.54, 1.807) is 35.5 Å². The fraction of sp³-hybridized carbons (Fsp3) is 0.308. The predicted molar refractivity (Wildman–Crippen MR) is 88.1 cm³/mol. The minimum absolute atomic E-state index is 0.533. The van der Waals surface area contributed by atoms with Crippen molar-refractivity contribution >= 4 is 44.9 Å². The van der Waals surface area contributed by atoms with Crippen LogP contribution in [0.3, 0.4) is 0 Å². The van der Waals surface area contributed by atoms with E-state index in [0.717, 1.165) is 39.6 Å². The van der Waals surface area contributed by atoms with Crippen LogP contribution >= 0.6 is 34.7 Å². The molecule has 0 amide bonds. The van der Waals surface area contributed by atoms with Gasteiger partial charge in [-0.3, -0.25) is 9.98 Å². The Bertz CT molecular complexity index is 627. The summed E-state index contributed by atoms with van der Waals surface area (Å²) in [4.78, 5) is 15.2. The van der Waals surface area contributed by atoms with E-state index in [-0.39, 0.29) is 0 Å². The van der Waals surface area contributed by atoms with Gasteiger partial charge in [0.1, 0.15) is 10.0 Å². The second kappa shape index (κ2) is 6.11. The summed E-state index contributed by atoms with van der Waals surface area (Å²) in [5, 5.41) is 3.42. The number of hydrogen-bond donors (Lipinski definition) is 0. The lowest BCUT2D eigenvalue weighted by Gasteiger charge is -2.19. The summed E-state index contributed by atoms with van der Waals surface area (Å²) >= 11 is 9.67. The average Bonchev–Trinajstić information content (AvgIpc) is 3.12. The third-order valence-electron chi connectivity index (χ3n) is 2.84. The Hall–Kier alpha value is -1.11. The normalized spacial score (nSPS) is 14.4. The summed E-state index contributed by atoms with van der Waals surface area (Å²) in [6, 6.07) is 3.89. The van der Waals surface area contributed by atoms with Gasteiger partial charge in [0.05, 0.1) is 6.54 Å². The molecule has 104 valence electrons. The highest BCUT2D eigenvalue weighted by molar-refractivity contribution is 8.14.